The zero-order valence-corrected chi connectivity index (χ0v) is 15.2. The minimum absolute atomic E-state index is 0.538. The monoisotopic (exact) mass is 382 g/mol. The minimum atomic E-state index is -4.35. The molecule has 0 aliphatic rings. The van der Waals surface area contributed by atoms with Crippen LogP contribution in [-0.2, 0) is 6.18 Å². The molecular weight excluding hydrogens is 365 g/mol. The zero-order chi connectivity index (χ0) is 19.9. The molecule has 4 aromatic rings. The number of imidazole rings is 1. The Balaban J connectivity index is 1.71. The molecule has 1 N–H and O–H groups in total. The van der Waals surface area contributed by atoms with E-state index in [0.29, 0.717) is 11.5 Å². The highest BCUT2D eigenvalue weighted by atomic mass is 19.4. The van der Waals surface area contributed by atoms with E-state index in [0.717, 1.165) is 40.4 Å². The van der Waals surface area contributed by atoms with Crippen molar-refractivity contribution in [3.05, 3.63) is 77.6 Å². The normalized spacial score (nSPS) is 11.8. The molecule has 0 unspecified atom stereocenters. The molecule has 0 spiro atoms. The maximum absolute atomic E-state index is 12.7. The van der Waals surface area contributed by atoms with Crippen molar-refractivity contribution in [3.63, 3.8) is 0 Å². The van der Waals surface area contributed by atoms with E-state index in [1.54, 1.807) is 0 Å². The molecule has 142 valence electrons. The van der Waals surface area contributed by atoms with Crippen molar-refractivity contribution in [2.24, 2.45) is 0 Å². The third-order valence-electron chi connectivity index (χ3n) is 4.52. The van der Waals surface area contributed by atoms with Crippen LogP contribution >= 0.6 is 0 Å². The number of nitrogens with zero attached hydrogens (tertiary/aromatic N) is 3. The van der Waals surface area contributed by atoms with E-state index in [9.17, 15) is 13.2 Å². The van der Waals surface area contributed by atoms with Crippen LogP contribution in [0.15, 0.2) is 60.8 Å². The Morgan fingerprint density at radius 3 is 2.36 bits per heavy atom. The Hall–Kier alpha value is -3.35. The fourth-order valence-electron chi connectivity index (χ4n) is 3.09. The molecule has 0 bridgehead atoms. The lowest BCUT2D eigenvalue weighted by atomic mass is 10.1. The van der Waals surface area contributed by atoms with Crippen LogP contribution in [0.4, 0.5) is 24.7 Å². The van der Waals surface area contributed by atoms with Gasteiger partial charge in [-0.2, -0.15) is 13.2 Å². The highest BCUT2D eigenvalue weighted by Gasteiger charge is 2.29. The van der Waals surface area contributed by atoms with Gasteiger partial charge in [0.1, 0.15) is 11.5 Å². The molecular formula is C21H17F3N4. The van der Waals surface area contributed by atoms with Crippen molar-refractivity contribution in [3.8, 4) is 11.4 Å². The fraction of sp³-hybridized carbons (Fsp3) is 0.143. The van der Waals surface area contributed by atoms with Crippen LogP contribution in [0.3, 0.4) is 0 Å². The molecule has 0 atom stereocenters. The van der Waals surface area contributed by atoms with Crippen molar-refractivity contribution >= 4 is 17.2 Å². The van der Waals surface area contributed by atoms with Crippen molar-refractivity contribution in [1.82, 2.24) is 14.4 Å². The first kappa shape index (κ1) is 18.0. The quantitative estimate of drug-likeness (QED) is 0.489. The fourth-order valence-corrected chi connectivity index (χ4v) is 3.09. The molecule has 0 amide bonds. The van der Waals surface area contributed by atoms with Gasteiger partial charge < -0.3 is 5.32 Å². The number of anilines is 2. The predicted molar refractivity (Wildman–Crippen MR) is 103 cm³/mol. The molecule has 1 aromatic carbocycles. The van der Waals surface area contributed by atoms with E-state index in [1.165, 1.54) is 12.1 Å². The lowest BCUT2D eigenvalue weighted by molar-refractivity contribution is -0.137. The van der Waals surface area contributed by atoms with Gasteiger partial charge in [0.15, 0.2) is 0 Å². The van der Waals surface area contributed by atoms with E-state index in [-0.39, 0.29) is 0 Å². The second-order valence-electron chi connectivity index (χ2n) is 6.54. The van der Waals surface area contributed by atoms with Gasteiger partial charge >= 0.3 is 6.18 Å². The van der Waals surface area contributed by atoms with Crippen LogP contribution in [0.25, 0.3) is 17.0 Å². The summed E-state index contributed by atoms with van der Waals surface area (Å²) >= 11 is 0. The standard InChI is InChI=1S/C21H17F3N4/c1-13-6-11-17(19-14(2)25-18-5-3-4-12-28(18)19)27-20(13)26-16-9-7-15(8-10-16)21(22,23)24/h3-12H,1-2H3,(H,26,27). The Morgan fingerprint density at radius 2 is 1.64 bits per heavy atom. The molecule has 0 radical (unpaired) electrons. The number of aryl methyl sites for hydroxylation is 2. The third kappa shape index (κ3) is 3.31. The second-order valence-corrected chi connectivity index (χ2v) is 6.54. The average Bonchev–Trinajstić information content (AvgIpc) is 2.99. The first-order chi connectivity index (χ1) is 13.3. The number of alkyl halides is 3. The lowest BCUT2D eigenvalue weighted by Gasteiger charge is -2.12. The van der Waals surface area contributed by atoms with Gasteiger partial charge in [0.05, 0.1) is 22.6 Å². The number of pyridine rings is 2. The predicted octanol–water partition coefficient (Wildman–Crippen LogP) is 5.78. The average molecular weight is 382 g/mol. The highest BCUT2D eigenvalue weighted by Crippen LogP contribution is 2.31. The molecule has 0 saturated heterocycles. The summed E-state index contributed by atoms with van der Waals surface area (Å²) in [7, 11) is 0. The summed E-state index contributed by atoms with van der Waals surface area (Å²) in [4.78, 5) is 9.25. The van der Waals surface area contributed by atoms with Crippen LogP contribution in [0.5, 0.6) is 0 Å². The van der Waals surface area contributed by atoms with Gasteiger partial charge in [-0.05, 0) is 61.9 Å². The van der Waals surface area contributed by atoms with Gasteiger partial charge in [-0.3, -0.25) is 4.40 Å². The van der Waals surface area contributed by atoms with Gasteiger partial charge in [-0.25, -0.2) is 9.97 Å². The summed E-state index contributed by atoms with van der Waals surface area (Å²) in [5.41, 5.74) is 4.03. The number of halogens is 3. The van der Waals surface area contributed by atoms with E-state index in [4.69, 9.17) is 4.98 Å². The smallest absolute Gasteiger partial charge is 0.340 e. The summed E-state index contributed by atoms with van der Waals surface area (Å²) < 4.78 is 40.2. The first-order valence-electron chi connectivity index (χ1n) is 8.69. The van der Waals surface area contributed by atoms with Crippen molar-refractivity contribution in [1.29, 1.82) is 0 Å². The number of aromatic nitrogens is 3. The molecule has 4 nitrogen and oxygen atoms in total. The Bertz CT molecular complexity index is 1140. The summed E-state index contributed by atoms with van der Waals surface area (Å²) in [6, 6.07) is 14.5. The molecule has 3 heterocycles. The molecule has 3 aromatic heterocycles. The van der Waals surface area contributed by atoms with Crippen LogP contribution < -0.4 is 5.32 Å². The van der Waals surface area contributed by atoms with Crippen LogP contribution in [0.1, 0.15) is 16.8 Å². The largest absolute Gasteiger partial charge is 0.416 e. The van der Waals surface area contributed by atoms with Gasteiger partial charge in [-0.1, -0.05) is 12.1 Å². The van der Waals surface area contributed by atoms with Gasteiger partial charge in [0.25, 0.3) is 0 Å². The van der Waals surface area contributed by atoms with Crippen molar-refractivity contribution in [2.75, 3.05) is 5.32 Å². The maximum Gasteiger partial charge on any atom is 0.416 e. The molecule has 4 rings (SSSR count). The SMILES string of the molecule is Cc1ccc(-c2c(C)nc3ccccn23)nc1Nc1ccc(C(F)(F)F)cc1. The van der Waals surface area contributed by atoms with Gasteiger partial charge in [0.2, 0.25) is 0 Å². The number of fused-ring (bicyclic) bond motifs is 1. The number of hydrogen-bond acceptors (Lipinski definition) is 3. The van der Waals surface area contributed by atoms with E-state index in [2.05, 4.69) is 10.3 Å². The second kappa shape index (κ2) is 6.67. The minimum Gasteiger partial charge on any atom is -0.340 e. The van der Waals surface area contributed by atoms with Crippen molar-refractivity contribution in [2.45, 2.75) is 20.0 Å². The summed E-state index contributed by atoms with van der Waals surface area (Å²) in [5.74, 6) is 0.586. The molecule has 0 aliphatic heterocycles. The van der Waals surface area contributed by atoms with Gasteiger partial charge in [-0.15, -0.1) is 0 Å². The van der Waals surface area contributed by atoms with E-state index >= 15 is 0 Å². The molecule has 28 heavy (non-hydrogen) atoms. The number of benzene rings is 1. The highest BCUT2D eigenvalue weighted by molar-refractivity contribution is 5.68. The third-order valence-corrected chi connectivity index (χ3v) is 4.52. The van der Waals surface area contributed by atoms with Crippen LogP contribution in [0.2, 0.25) is 0 Å². The molecule has 0 saturated carbocycles. The first-order valence-corrected chi connectivity index (χ1v) is 8.69. The van der Waals surface area contributed by atoms with E-state index in [1.807, 2.05) is 54.8 Å². The van der Waals surface area contributed by atoms with Gasteiger partial charge in [0, 0.05) is 11.9 Å². The summed E-state index contributed by atoms with van der Waals surface area (Å²) in [6.07, 6.45) is -2.43. The molecule has 0 aliphatic carbocycles. The summed E-state index contributed by atoms with van der Waals surface area (Å²) in [6.45, 7) is 3.82. The van der Waals surface area contributed by atoms with Crippen LogP contribution in [0, 0.1) is 13.8 Å². The number of rotatable bonds is 3. The van der Waals surface area contributed by atoms with Crippen LogP contribution in [-0.4, -0.2) is 14.4 Å². The molecule has 0 fully saturated rings. The van der Waals surface area contributed by atoms with E-state index < -0.39 is 11.7 Å². The molecule has 7 heteroatoms. The zero-order valence-electron chi connectivity index (χ0n) is 15.2. The maximum atomic E-state index is 12.7. The Labute approximate surface area is 159 Å². The summed E-state index contributed by atoms with van der Waals surface area (Å²) in [5, 5.41) is 3.11. The Morgan fingerprint density at radius 1 is 0.893 bits per heavy atom. The lowest BCUT2D eigenvalue weighted by Crippen LogP contribution is -2.05. The Kier molecular flexibility index (Phi) is 4.30. The topological polar surface area (TPSA) is 42.2 Å². The van der Waals surface area contributed by atoms with Crippen molar-refractivity contribution < 1.29 is 13.2 Å². The number of hydrogen-bond donors (Lipinski definition) is 1. The number of nitrogens with one attached hydrogen (secondary N) is 1.